The molecule has 0 spiro atoms. The van der Waals surface area contributed by atoms with Crippen molar-refractivity contribution < 1.29 is 17.9 Å². The summed E-state index contributed by atoms with van der Waals surface area (Å²) in [5.74, 6) is 0.845. The van der Waals surface area contributed by atoms with E-state index in [2.05, 4.69) is 5.32 Å². The van der Waals surface area contributed by atoms with Crippen LogP contribution in [0, 0.1) is 0 Å². The van der Waals surface area contributed by atoms with E-state index >= 15 is 0 Å². The van der Waals surface area contributed by atoms with E-state index in [9.17, 15) is 8.42 Å². The third-order valence-corrected chi connectivity index (χ3v) is 3.45. The van der Waals surface area contributed by atoms with E-state index in [1.54, 1.807) is 0 Å². The third-order valence-electron chi connectivity index (χ3n) is 2.56. The van der Waals surface area contributed by atoms with Crippen LogP contribution in [0.2, 0.25) is 0 Å². The lowest BCUT2D eigenvalue weighted by Crippen LogP contribution is -2.22. The number of rotatable bonds is 6. The normalized spacial score (nSPS) is 11.7. The topological polar surface area (TPSA) is 90.7 Å². The summed E-state index contributed by atoms with van der Waals surface area (Å²) < 4.78 is 33.3. The molecular weight excluding hydrogens is 268 g/mol. The number of hydrogen-bond donors (Lipinski definition) is 2. The Kier molecular flexibility index (Phi) is 5.16. The molecule has 1 rings (SSSR count). The van der Waals surface area contributed by atoms with Gasteiger partial charge < -0.3 is 14.8 Å². The largest absolute Gasteiger partial charge is 0.493 e. The lowest BCUT2D eigenvalue weighted by Gasteiger charge is -2.16. The van der Waals surface area contributed by atoms with E-state index in [0.717, 1.165) is 0 Å². The van der Waals surface area contributed by atoms with Crippen LogP contribution in [0.15, 0.2) is 17.0 Å². The molecule has 0 aliphatic rings. The summed E-state index contributed by atoms with van der Waals surface area (Å²) in [6, 6.07) is 3.10. The average molecular weight is 288 g/mol. The van der Waals surface area contributed by atoms with Crippen LogP contribution in [0.1, 0.15) is 19.4 Å². The minimum Gasteiger partial charge on any atom is -0.493 e. The van der Waals surface area contributed by atoms with E-state index < -0.39 is 10.0 Å². The monoisotopic (exact) mass is 288 g/mol. The first-order valence-electron chi connectivity index (χ1n) is 5.80. The fourth-order valence-corrected chi connectivity index (χ4v) is 2.20. The summed E-state index contributed by atoms with van der Waals surface area (Å²) in [5, 5.41) is 8.35. The molecule has 108 valence electrons. The molecule has 19 heavy (non-hydrogen) atoms. The van der Waals surface area contributed by atoms with Gasteiger partial charge in [0.05, 0.1) is 19.1 Å². The van der Waals surface area contributed by atoms with Gasteiger partial charge in [0.1, 0.15) is 0 Å². The van der Waals surface area contributed by atoms with Crippen LogP contribution in [-0.2, 0) is 16.6 Å². The molecule has 0 aliphatic heterocycles. The number of primary sulfonamides is 1. The molecule has 0 amide bonds. The number of ether oxygens (including phenoxy) is 2. The maximum absolute atomic E-state index is 11.5. The van der Waals surface area contributed by atoms with Gasteiger partial charge in [-0.2, -0.15) is 0 Å². The second kappa shape index (κ2) is 6.23. The minimum atomic E-state index is -3.78. The highest BCUT2D eigenvalue weighted by Gasteiger charge is 2.17. The highest BCUT2D eigenvalue weighted by Crippen LogP contribution is 2.33. The predicted molar refractivity (Wildman–Crippen MR) is 72.9 cm³/mol. The molecule has 1 aromatic carbocycles. The van der Waals surface area contributed by atoms with Crippen molar-refractivity contribution in [2.45, 2.75) is 31.3 Å². The molecular formula is C12H20N2O4S. The molecule has 3 N–H and O–H groups in total. The molecule has 0 saturated heterocycles. The van der Waals surface area contributed by atoms with Crippen molar-refractivity contribution in [2.75, 3.05) is 14.2 Å². The highest BCUT2D eigenvalue weighted by atomic mass is 32.2. The molecule has 0 radical (unpaired) electrons. The van der Waals surface area contributed by atoms with Gasteiger partial charge >= 0.3 is 0 Å². The standard InChI is InChI=1S/C12H20N2O4S/c1-8(2)14-7-9-5-10(19(13,15)16)6-11(17-3)12(9)18-4/h5-6,8,14H,7H2,1-4H3,(H2,13,15,16). The molecule has 0 fully saturated rings. The van der Waals surface area contributed by atoms with Crippen molar-refractivity contribution >= 4 is 10.0 Å². The summed E-state index contributed by atoms with van der Waals surface area (Å²) in [6.45, 7) is 4.45. The average Bonchev–Trinajstić information content (AvgIpc) is 2.33. The molecule has 0 unspecified atom stereocenters. The van der Waals surface area contributed by atoms with Crippen LogP contribution in [0.4, 0.5) is 0 Å². The van der Waals surface area contributed by atoms with Crippen LogP contribution in [0.25, 0.3) is 0 Å². The van der Waals surface area contributed by atoms with Crippen molar-refractivity contribution in [3.63, 3.8) is 0 Å². The summed E-state index contributed by atoms with van der Waals surface area (Å²) in [4.78, 5) is 0.00528. The lowest BCUT2D eigenvalue weighted by atomic mass is 10.1. The van der Waals surface area contributed by atoms with E-state index in [-0.39, 0.29) is 10.9 Å². The zero-order valence-corrected chi connectivity index (χ0v) is 12.4. The van der Waals surface area contributed by atoms with Gasteiger partial charge in [-0.25, -0.2) is 13.6 Å². The number of nitrogens with two attached hydrogens (primary N) is 1. The highest BCUT2D eigenvalue weighted by molar-refractivity contribution is 7.89. The number of hydrogen-bond acceptors (Lipinski definition) is 5. The molecule has 0 bridgehead atoms. The van der Waals surface area contributed by atoms with Gasteiger partial charge in [-0.3, -0.25) is 0 Å². The van der Waals surface area contributed by atoms with Gasteiger partial charge in [-0.05, 0) is 6.07 Å². The number of methoxy groups -OCH3 is 2. The van der Waals surface area contributed by atoms with E-state index in [1.807, 2.05) is 13.8 Å². The second-order valence-electron chi connectivity index (χ2n) is 4.40. The third kappa shape index (κ3) is 4.09. The summed E-state index contributed by atoms with van der Waals surface area (Å²) in [5.41, 5.74) is 0.680. The second-order valence-corrected chi connectivity index (χ2v) is 5.96. The Morgan fingerprint density at radius 3 is 2.32 bits per heavy atom. The minimum absolute atomic E-state index is 0.00528. The summed E-state index contributed by atoms with van der Waals surface area (Å²) >= 11 is 0. The Balaban J connectivity index is 3.31. The SMILES string of the molecule is COc1cc(S(N)(=O)=O)cc(CNC(C)C)c1OC. The van der Waals surface area contributed by atoms with Crippen molar-refractivity contribution in [3.05, 3.63) is 17.7 Å². The fraction of sp³-hybridized carbons (Fsp3) is 0.500. The summed E-state index contributed by atoms with van der Waals surface area (Å²) in [6.07, 6.45) is 0. The Labute approximate surface area is 113 Å². The molecule has 0 heterocycles. The Morgan fingerprint density at radius 1 is 1.26 bits per heavy atom. The maximum atomic E-state index is 11.5. The Hall–Kier alpha value is -1.31. The van der Waals surface area contributed by atoms with Gasteiger partial charge in [0.25, 0.3) is 0 Å². The van der Waals surface area contributed by atoms with Crippen LogP contribution in [-0.4, -0.2) is 28.7 Å². The van der Waals surface area contributed by atoms with Gasteiger partial charge in [0.15, 0.2) is 11.5 Å². The van der Waals surface area contributed by atoms with Crippen LogP contribution < -0.4 is 19.9 Å². The number of nitrogens with one attached hydrogen (secondary N) is 1. The van der Waals surface area contributed by atoms with Crippen molar-refractivity contribution in [3.8, 4) is 11.5 Å². The zero-order valence-electron chi connectivity index (χ0n) is 11.6. The molecule has 1 aromatic rings. The first-order chi connectivity index (χ1) is 8.79. The van der Waals surface area contributed by atoms with Gasteiger partial charge in [0.2, 0.25) is 10.0 Å². The molecule has 6 nitrogen and oxygen atoms in total. The molecule has 0 atom stereocenters. The maximum Gasteiger partial charge on any atom is 0.238 e. The van der Waals surface area contributed by atoms with Crippen LogP contribution in [0.3, 0.4) is 0 Å². The zero-order chi connectivity index (χ0) is 14.6. The fourth-order valence-electron chi connectivity index (χ4n) is 1.62. The van der Waals surface area contributed by atoms with E-state index in [0.29, 0.717) is 23.6 Å². The van der Waals surface area contributed by atoms with Crippen molar-refractivity contribution in [1.82, 2.24) is 5.32 Å². The van der Waals surface area contributed by atoms with Crippen LogP contribution >= 0.6 is 0 Å². The van der Waals surface area contributed by atoms with E-state index in [4.69, 9.17) is 14.6 Å². The van der Waals surface area contributed by atoms with Gasteiger partial charge in [-0.1, -0.05) is 13.8 Å². The van der Waals surface area contributed by atoms with Gasteiger partial charge in [0, 0.05) is 24.2 Å². The summed E-state index contributed by atoms with van der Waals surface area (Å²) in [7, 11) is -0.829. The van der Waals surface area contributed by atoms with E-state index in [1.165, 1.54) is 26.4 Å². The molecule has 7 heteroatoms. The first-order valence-corrected chi connectivity index (χ1v) is 7.35. The Morgan fingerprint density at radius 2 is 1.89 bits per heavy atom. The Bertz CT molecular complexity index is 541. The molecule has 0 aromatic heterocycles. The smallest absolute Gasteiger partial charge is 0.238 e. The molecule has 0 saturated carbocycles. The number of benzene rings is 1. The van der Waals surface area contributed by atoms with Crippen molar-refractivity contribution in [1.29, 1.82) is 0 Å². The predicted octanol–water partition coefficient (Wildman–Crippen LogP) is 0.849. The van der Waals surface area contributed by atoms with Gasteiger partial charge in [-0.15, -0.1) is 0 Å². The molecule has 0 aliphatic carbocycles. The quantitative estimate of drug-likeness (QED) is 0.810. The lowest BCUT2D eigenvalue weighted by molar-refractivity contribution is 0.349. The van der Waals surface area contributed by atoms with Crippen molar-refractivity contribution in [2.24, 2.45) is 5.14 Å². The number of sulfonamides is 1. The van der Waals surface area contributed by atoms with Crippen LogP contribution in [0.5, 0.6) is 11.5 Å². The first kappa shape index (κ1) is 15.7.